The van der Waals surface area contributed by atoms with Crippen molar-refractivity contribution in [2.45, 2.75) is 37.5 Å². The fourth-order valence-corrected chi connectivity index (χ4v) is 7.81. The highest BCUT2D eigenvalue weighted by molar-refractivity contribution is 7.89. The van der Waals surface area contributed by atoms with Gasteiger partial charge in [0.15, 0.2) is 5.13 Å². The molecule has 0 unspecified atom stereocenters. The first kappa shape index (κ1) is 27.5. The van der Waals surface area contributed by atoms with E-state index in [-0.39, 0.29) is 10.8 Å². The lowest BCUT2D eigenvalue weighted by atomic mass is 10.2. The highest BCUT2D eigenvalue weighted by atomic mass is 35.5. The Bertz CT molecular complexity index is 1340. The number of anilines is 1. The molecular formula is C27H33ClN4O4S2. The Morgan fingerprint density at radius 2 is 1.76 bits per heavy atom. The molecule has 0 bridgehead atoms. The quantitative estimate of drug-likeness (QED) is 0.383. The van der Waals surface area contributed by atoms with E-state index in [1.165, 1.54) is 11.3 Å². The van der Waals surface area contributed by atoms with Crippen molar-refractivity contribution in [3.63, 3.8) is 0 Å². The van der Waals surface area contributed by atoms with E-state index in [4.69, 9.17) is 21.3 Å². The molecule has 0 spiro atoms. The molecular weight excluding hydrogens is 544 g/mol. The fourth-order valence-electron chi connectivity index (χ4n) is 4.95. The van der Waals surface area contributed by atoms with Crippen LogP contribution in [0.2, 0.25) is 5.02 Å². The van der Waals surface area contributed by atoms with Crippen LogP contribution in [0.5, 0.6) is 0 Å². The van der Waals surface area contributed by atoms with Gasteiger partial charge in [-0.15, -0.1) is 0 Å². The lowest BCUT2D eigenvalue weighted by Crippen LogP contribution is -2.39. The van der Waals surface area contributed by atoms with Crippen molar-refractivity contribution in [3.05, 3.63) is 52.5 Å². The number of carbonyl (C=O) groups excluding carboxylic acids is 1. The first-order chi connectivity index (χ1) is 18.3. The smallest absolute Gasteiger partial charge is 0.260 e. The lowest BCUT2D eigenvalue weighted by Gasteiger charge is -2.28. The van der Waals surface area contributed by atoms with Gasteiger partial charge in [0.05, 0.1) is 33.3 Å². The Hall–Kier alpha value is -2.08. The van der Waals surface area contributed by atoms with E-state index < -0.39 is 10.0 Å². The van der Waals surface area contributed by atoms with Crippen molar-refractivity contribution in [1.82, 2.24) is 14.2 Å². The second kappa shape index (κ2) is 12.0. The summed E-state index contributed by atoms with van der Waals surface area (Å²) in [6.07, 6.45) is 3.58. The summed E-state index contributed by atoms with van der Waals surface area (Å²) in [5, 5.41) is 1.20. The largest absolute Gasteiger partial charge is 0.379 e. The van der Waals surface area contributed by atoms with Crippen LogP contribution in [0.3, 0.4) is 0 Å². The van der Waals surface area contributed by atoms with Gasteiger partial charge in [0.2, 0.25) is 10.0 Å². The van der Waals surface area contributed by atoms with Crippen LogP contribution in [0, 0.1) is 6.92 Å². The average Bonchev–Trinajstić information content (AvgIpc) is 3.41. The number of halogens is 1. The number of sulfonamides is 1. The van der Waals surface area contributed by atoms with Gasteiger partial charge >= 0.3 is 0 Å². The van der Waals surface area contributed by atoms with Crippen LogP contribution >= 0.6 is 22.9 Å². The summed E-state index contributed by atoms with van der Waals surface area (Å²) in [5.41, 5.74) is 2.22. The number of amides is 1. The number of ether oxygens (including phenoxy) is 1. The van der Waals surface area contributed by atoms with Gasteiger partial charge in [-0.3, -0.25) is 14.6 Å². The van der Waals surface area contributed by atoms with Gasteiger partial charge in [-0.05, 0) is 62.1 Å². The summed E-state index contributed by atoms with van der Waals surface area (Å²) in [7, 11) is -3.56. The first-order valence-corrected chi connectivity index (χ1v) is 15.8. The second-order valence-electron chi connectivity index (χ2n) is 9.79. The molecule has 0 aliphatic carbocycles. The number of hydrogen-bond donors (Lipinski definition) is 0. The summed E-state index contributed by atoms with van der Waals surface area (Å²) in [4.78, 5) is 22.9. The van der Waals surface area contributed by atoms with E-state index in [2.05, 4.69) is 4.90 Å². The molecule has 0 radical (unpaired) electrons. The van der Waals surface area contributed by atoms with Gasteiger partial charge in [-0.1, -0.05) is 35.4 Å². The Morgan fingerprint density at radius 3 is 2.45 bits per heavy atom. The number of aromatic nitrogens is 1. The first-order valence-electron chi connectivity index (χ1n) is 13.1. The minimum Gasteiger partial charge on any atom is -0.379 e. The van der Waals surface area contributed by atoms with Crippen molar-refractivity contribution >= 4 is 54.2 Å². The zero-order chi connectivity index (χ0) is 26.7. The van der Waals surface area contributed by atoms with Gasteiger partial charge in [0.25, 0.3) is 5.91 Å². The number of rotatable bonds is 8. The molecule has 2 aliphatic heterocycles. The SMILES string of the molecule is Cc1ccc(Cl)c2sc(N(CCCN3CCOCC3)C(=O)c3ccc(S(=O)(=O)N4CCCCC4)cc3)nc12. The molecule has 0 atom stereocenters. The van der Waals surface area contributed by atoms with Crippen LogP contribution in [0.15, 0.2) is 41.3 Å². The maximum absolute atomic E-state index is 13.8. The number of hydrogen-bond acceptors (Lipinski definition) is 7. The second-order valence-corrected chi connectivity index (χ2v) is 13.1. The maximum atomic E-state index is 13.8. The molecule has 38 heavy (non-hydrogen) atoms. The number of carbonyl (C=O) groups is 1. The number of nitrogens with zero attached hydrogens (tertiary/aromatic N) is 4. The third-order valence-electron chi connectivity index (χ3n) is 7.18. The van der Waals surface area contributed by atoms with Crippen molar-refractivity contribution in [3.8, 4) is 0 Å². The molecule has 0 N–H and O–H groups in total. The predicted molar refractivity (Wildman–Crippen MR) is 152 cm³/mol. The van der Waals surface area contributed by atoms with Crippen molar-refractivity contribution in [2.24, 2.45) is 0 Å². The highest BCUT2D eigenvalue weighted by Gasteiger charge is 2.27. The zero-order valence-electron chi connectivity index (χ0n) is 21.6. The molecule has 2 aliphatic rings. The minimum absolute atomic E-state index is 0.207. The molecule has 3 heterocycles. The van der Waals surface area contributed by atoms with Gasteiger partial charge in [0.1, 0.15) is 0 Å². The number of fused-ring (bicyclic) bond motifs is 1. The number of piperidine rings is 1. The maximum Gasteiger partial charge on any atom is 0.260 e. The van der Waals surface area contributed by atoms with E-state index in [1.54, 1.807) is 33.5 Å². The number of morpholine rings is 1. The predicted octanol–water partition coefficient (Wildman–Crippen LogP) is 4.80. The van der Waals surface area contributed by atoms with Crippen molar-refractivity contribution in [1.29, 1.82) is 0 Å². The number of thiazole rings is 1. The number of benzene rings is 2. The monoisotopic (exact) mass is 576 g/mol. The third kappa shape index (κ3) is 5.90. The normalized spacial score (nSPS) is 17.6. The van der Waals surface area contributed by atoms with Crippen LogP contribution in [0.25, 0.3) is 10.2 Å². The standard InChI is InChI=1S/C27H33ClN4O4S2/c1-20-6-11-23(28)25-24(20)29-27(37-25)32(15-5-12-30-16-18-36-19-17-30)26(33)21-7-9-22(10-8-21)38(34,35)31-13-3-2-4-14-31/h6-11H,2-5,12-19H2,1H3. The molecule has 3 aromatic rings. The van der Waals surface area contributed by atoms with E-state index in [0.717, 1.165) is 74.3 Å². The van der Waals surface area contributed by atoms with Gasteiger partial charge < -0.3 is 4.74 Å². The molecule has 2 saturated heterocycles. The molecule has 0 saturated carbocycles. The summed E-state index contributed by atoms with van der Waals surface area (Å²) < 4.78 is 34.0. The zero-order valence-corrected chi connectivity index (χ0v) is 24.0. The molecule has 5 rings (SSSR count). The Balaban J connectivity index is 1.39. The molecule has 1 aromatic heterocycles. The summed E-state index contributed by atoms with van der Waals surface area (Å²) in [6.45, 7) is 7.63. The number of aryl methyl sites for hydroxylation is 1. The lowest BCUT2D eigenvalue weighted by molar-refractivity contribution is 0.0376. The van der Waals surface area contributed by atoms with Gasteiger partial charge in [0, 0.05) is 44.8 Å². The summed E-state index contributed by atoms with van der Waals surface area (Å²) >= 11 is 7.87. The minimum atomic E-state index is -3.56. The molecule has 8 nitrogen and oxygen atoms in total. The highest BCUT2D eigenvalue weighted by Crippen LogP contribution is 2.36. The summed E-state index contributed by atoms with van der Waals surface area (Å²) in [6, 6.07) is 10.1. The molecule has 11 heteroatoms. The van der Waals surface area contributed by atoms with E-state index in [9.17, 15) is 13.2 Å². The van der Waals surface area contributed by atoms with Crippen molar-refractivity contribution in [2.75, 3.05) is 57.4 Å². The summed E-state index contributed by atoms with van der Waals surface area (Å²) in [5.74, 6) is -0.207. The van der Waals surface area contributed by atoms with Crippen LogP contribution in [-0.2, 0) is 14.8 Å². The van der Waals surface area contributed by atoms with Crippen LogP contribution < -0.4 is 4.90 Å². The molecule has 1 amide bonds. The molecule has 2 aromatic carbocycles. The van der Waals surface area contributed by atoms with E-state index in [1.807, 2.05) is 19.1 Å². The van der Waals surface area contributed by atoms with Gasteiger partial charge in [-0.2, -0.15) is 4.31 Å². The van der Waals surface area contributed by atoms with Crippen LogP contribution in [0.4, 0.5) is 5.13 Å². The Labute approximate surface area is 233 Å². The average molecular weight is 577 g/mol. The Morgan fingerprint density at radius 1 is 1.05 bits per heavy atom. The molecule has 2 fully saturated rings. The third-order valence-corrected chi connectivity index (χ3v) is 10.6. The topological polar surface area (TPSA) is 83.0 Å². The fraction of sp³-hybridized carbons (Fsp3) is 0.481. The van der Waals surface area contributed by atoms with Crippen LogP contribution in [-0.4, -0.2) is 81.0 Å². The van der Waals surface area contributed by atoms with E-state index in [0.29, 0.717) is 35.4 Å². The van der Waals surface area contributed by atoms with E-state index >= 15 is 0 Å². The van der Waals surface area contributed by atoms with Crippen LogP contribution in [0.1, 0.15) is 41.6 Å². The van der Waals surface area contributed by atoms with Crippen molar-refractivity contribution < 1.29 is 17.9 Å². The molecule has 204 valence electrons. The van der Waals surface area contributed by atoms with Gasteiger partial charge in [-0.25, -0.2) is 13.4 Å². The Kier molecular flexibility index (Phi) is 8.66.